The number of halogens is 12. The summed E-state index contributed by atoms with van der Waals surface area (Å²) < 4.78 is 144. The SMILES string of the molecule is CCOC(=O)c1nnn(Cc2ccc(OC)cc2)c1SC1CCC(c2cc(Cl)cc(OC(F)(F)F)c2)CC1.COc1ccc(Cn2nnc(C(=O)O)c2SC2CCC(c3cc(Cl)cc(OC(F)(F)F)c3)CC2)cc1.O=C(O)c1n[nH]nc1SC1CCC(c2cc(Cl)cc(OC(F)(F)F)c2)CC1. The number of hydrogen-bond donors (Lipinski definition) is 3. The molecule has 0 unspecified atom stereocenters. The van der Waals surface area contributed by atoms with E-state index in [9.17, 15) is 59.0 Å². The normalized spacial score (nSPS) is 18.6. The average molecular weight is 1530 g/mol. The van der Waals surface area contributed by atoms with E-state index in [1.165, 1.54) is 53.5 Å². The van der Waals surface area contributed by atoms with Gasteiger partial charge >= 0.3 is 37.0 Å². The second-order valence-corrected chi connectivity index (χ2v) is 28.6. The molecule has 3 fully saturated rings. The predicted molar refractivity (Wildman–Crippen MR) is 357 cm³/mol. The fourth-order valence-corrected chi connectivity index (χ4v) is 16.2. The van der Waals surface area contributed by atoms with Crippen LogP contribution < -0.4 is 23.7 Å². The number of aromatic carboxylic acids is 2. The molecule has 0 atom stereocenters. The lowest BCUT2D eigenvalue weighted by molar-refractivity contribution is -0.275. The number of aromatic nitrogens is 9. The molecule has 3 aliphatic rings. The molecule has 5 aromatic carbocycles. The molecular weight excluding hydrogens is 1470 g/mol. The number of esters is 1. The van der Waals surface area contributed by atoms with E-state index in [0.29, 0.717) is 57.9 Å². The summed E-state index contributed by atoms with van der Waals surface area (Å²) in [5.74, 6) is -2.20. The molecule has 0 spiro atoms. The average Bonchev–Trinajstić information content (AvgIpc) is 1.72. The Morgan fingerprint density at radius 3 is 1.17 bits per heavy atom. The van der Waals surface area contributed by atoms with E-state index in [2.05, 4.69) is 50.2 Å². The molecule has 20 nitrogen and oxygen atoms in total. The Hall–Kier alpha value is -7.78. The number of hydrogen-bond acceptors (Lipinski definition) is 18. The molecule has 8 aromatic rings. The Bertz CT molecular complexity index is 4090. The summed E-state index contributed by atoms with van der Waals surface area (Å²) in [5, 5.41) is 47.2. The van der Waals surface area contributed by atoms with Gasteiger partial charge in [0, 0.05) is 30.8 Å². The topological polar surface area (TPSA) is 250 Å². The van der Waals surface area contributed by atoms with E-state index in [-0.39, 0.29) is 89.5 Å². The summed E-state index contributed by atoms with van der Waals surface area (Å²) in [6.07, 6.45) is -5.35. The number of nitrogens with zero attached hydrogens (tertiary/aromatic N) is 8. The maximum absolute atomic E-state index is 12.7. The standard InChI is InChI=1S/C26H27ClF3N3O4S.C24H23ClF3N3O4S.C16H15ClF3N3O3S/c1-3-36-25(34)23-24(33(32-31-23)15-16-4-8-20(35-2)9-5-16)38-22-10-6-17(7-11-22)18-12-19(27)14-21(13-18)37-26(28,29)30;1-34-18-6-2-14(3-7-18)13-31-22(21(23(32)33)29-30-31)36-20-8-4-15(5-9-20)16-10-17(25)12-19(11-16)35-24(26,27)28;17-10-5-9(6-11(7-10)26-16(18,19)20)8-1-3-12(4-2-8)27-14-13(15(24)25)21-23-22-14/h4-5,8-9,12-14,17,22H,3,6-7,10-11,15H2,1-2H3;2-3,6-7,10-12,15,20H,4-5,8-9,13H2,1H3,(H,32,33);5-8,12H,1-4H2,(H,24,25)(H,21,22,23). The van der Waals surface area contributed by atoms with Crippen LogP contribution in [0.1, 0.15) is 161 Å². The predicted octanol–water partition coefficient (Wildman–Crippen LogP) is 18.2. The number of benzene rings is 5. The minimum Gasteiger partial charge on any atom is -0.497 e. The third kappa shape index (κ3) is 23.1. The molecule has 0 saturated heterocycles. The zero-order chi connectivity index (χ0) is 72.8. The summed E-state index contributed by atoms with van der Waals surface area (Å²) in [5.41, 5.74) is 3.98. The third-order valence-corrected chi connectivity index (χ3v) is 21.2. The largest absolute Gasteiger partial charge is 0.573 e. The van der Waals surface area contributed by atoms with Gasteiger partial charge in [-0.25, -0.2) is 23.7 Å². The number of rotatable bonds is 22. The lowest BCUT2D eigenvalue weighted by Crippen LogP contribution is -2.18. The number of H-pyrrole nitrogens is 1. The van der Waals surface area contributed by atoms with Crippen molar-refractivity contribution in [2.45, 2.75) is 165 Å². The molecule has 542 valence electrons. The van der Waals surface area contributed by atoms with Gasteiger partial charge in [0.25, 0.3) is 0 Å². The van der Waals surface area contributed by atoms with Gasteiger partial charge in [0.1, 0.15) is 38.8 Å². The molecule has 0 amide bonds. The van der Waals surface area contributed by atoms with Crippen LogP contribution in [0.4, 0.5) is 39.5 Å². The molecule has 3 aromatic heterocycles. The minimum atomic E-state index is -4.79. The summed E-state index contributed by atoms with van der Waals surface area (Å²) in [7, 11) is 3.18. The summed E-state index contributed by atoms with van der Waals surface area (Å²) in [4.78, 5) is 35.4. The molecule has 101 heavy (non-hydrogen) atoms. The van der Waals surface area contributed by atoms with Crippen LogP contribution in [-0.4, -0.2) is 129 Å². The van der Waals surface area contributed by atoms with Crippen molar-refractivity contribution in [2.24, 2.45) is 0 Å². The van der Waals surface area contributed by atoms with Gasteiger partial charge in [-0.1, -0.05) is 81.3 Å². The van der Waals surface area contributed by atoms with Crippen molar-refractivity contribution in [3.05, 3.63) is 163 Å². The number of ether oxygens (including phenoxy) is 6. The monoisotopic (exact) mass is 1530 g/mol. The van der Waals surface area contributed by atoms with Crippen molar-refractivity contribution in [3.63, 3.8) is 0 Å². The highest BCUT2D eigenvalue weighted by atomic mass is 35.5. The highest BCUT2D eigenvalue weighted by molar-refractivity contribution is 8.00. The molecule has 35 heteroatoms. The van der Waals surface area contributed by atoms with E-state index in [4.69, 9.17) is 54.1 Å². The first-order valence-electron chi connectivity index (χ1n) is 31.3. The Morgan fingerprint density at radius 2 is 0.832 bits per heavy atom. The van der Waals surface area contributed by atoms with E-state index >= 15 is 0 Å². The first-order valence-corrected chi connectivity index (χ1v) is 35.1. The number of alkyl halides is 9. The zero-order valence-corrected chi connectivity index (χ0v) is 58.5. The number of nitrogens with one attached hydrogen (secondary N) is 1. The van der Waals surface area contributed by atoms with Crippen LogP contribution in [0.25, 0.3) is 0 Å². The lowest BCUT2D eigenvalue weighted by Gasteiger charge is -2.29. The highest BCUT2D eigenvalue weighted by Gasteiger charge is 2.36. The number of aromatic amines is 1. The molecule has 3 N–H and O–H groups in total. The van der Waals surface area contributed by atoms with Gasteiger partial charge in [-0.05, 0) is 208 Å². The van der Waals surface area contributed by atoms with E-state index in [0.717, 1.165) is 105 Å². The second kappa shape index (κ2) is 34.9. The van der Waals surface area contributed by atoms with Crippen LogP contribution in [0.15, 0.2) is 118 Å². The third-order valence-electron chi connectivity index (χ3n) is 16.4. The van der Waals surface area contributed by atoms with Gasteiger partial charge in [-0.2, -0.15) is 5.21 Å². The quantitative estimate of drug-likeness (QED) is 0.0421. The van der Waals surface area contributed by atoms with Crippen molar-refractivity contribution in [3.8, 4) is 28.7 Å². The van der Waals surface area contributed by atoms with Gasteiger partial charge in [0.15, 0.2) is 5.03 Å². The molecule has 0 aliphatic heterocycles. The van der Waals surface area contributed by atoms with Crippen molar-refractivity contribution in [2.75, 3.05) is 20.8 Å². The maximum atomic E-state index is 12.7. The second-order valence-electron chi connectivity index (χ2n) is 23.4. The highest BCUT2D eigenvalue weighted by Crippen LogP contribution is 2.46. The molecule has 3 aliphatic carbocycles. The van der Waals surface area contributed by atoms with Gasteiger partial charge in [-0.15, -0.1) is 83.4 Å². The molecular formula is C66H65Cl3F9N9O11S3. The summed E-state index contributed by atoms with van der Waals surface area (Å²) in [6, 6.07) is 27.6. The van der Waals surface area contributed by atoms with Crippen molar-refractivity contribution >= 4 is 88.0 Å². The first kappa shape index (κ1) is 77.4. The minimum absolute atomic E-state index is 0.0254. The summed E-state index contributed by atoms with van der Waals surface area (Å²) >= 11 is 22.4. The molecule has 3 heterocycles. The van der Waals surface area contributed by atoms with Crippen LogP contribution in [0, 0.1) is 0 Å². The van der Waals surface area contributed by atoms with E-state index in [1.54, 1.807) is 48.7 Å². The fraction of sp³-hybridized carbons (Fsp3) is 0.409. The maximum Gasteiger partial charge on any atom is 0.573 e. The number of methoxy groups -OCH3 is 2. The lowest BCUT2D eigenvalue weighted by atomic mass is 9.84. The molecule has 11 rings (SSSR count). The van der Waals surface area contributed by atoms with Gasteiger partial charge in [0.05, 0.1) is 33.9 Å². The number of carbonyl (C=O) groups is 3. The van der Waals surface area contributed by atoms with Crippen molar-refractivity contribution in [1.82, 2.24) is 45.4 Å². The van der Waals surface area contributed by atoms with Crippen LogP contribution >= 0.6 is 70.1 Å². The molecule has 3 saturated carbocycles. The number of thioether (sulfide) groups is 3. The number of carboxylic acid groups (broad SMARTS) is 2. The smallest absolute Gasteiger partial charge is 0.497 e. The Balaban J connectivity index is 0.000000179. The molecule has 0 bridgehead atoms. The van der Waals surface area contributed by atoms with Crippen molar-refractivity contribution < 1.29 is 92.5 Å². The van der Waals surface area contributed by atoms with Crippen molar-refractivity contribution in [1.29, 1.82) is 0 Å². The van der Waals surface area contributed by atoms with Gasteiger partial charge in [0.2, 0.25) is 17.1 Å². The summed E-state index contributed by atoms with van der Waals surface area (Å²) in [6.45, 7) is 2.72. The first-order chi connectivity index (χ1) is 48.0. The van der Waals surface area contributed by atoms with Crippen LogP contribution in [-0.2, 0) is 17.8 Å². The van der Waals surface area contributed by atoms with E-state index < -0.39 is 37.0 Å². The number of carboxylic acids is 2. The van der Waals surface area contributed by atoms with E-state index in [1.807, 2.05) is 48.5 Å². The fourth-order valence-electron chi connectivity index (χ4n) is 11.8. The van der Waals surface area contributed by atoms with Gasteiger partial charge in [-0.3, -0.25) is 0 Å². The van der Waals surface area contributed by atoms with Gasteiger partial charge < -0.3 is 38.6 Å². The zero-order valence-electron chi connectivity index (χ0n) is 53.8. The van der Waals surface area contributed by atoms with Crippen LogP contribution in [0.5, 0.6) is 28.7 Å². The number of carbonyl (C=O) groups excluding carboxylic acids is 1. The van der Waals surface area contributed by atoms with Crippen LogP contribution in [0.3, 0.4) is 0 Å². The Morgan fingerprint density at radius 1 is 0.485 bits per heavy atom. The Labute approximate surface area is 599 Å². The van der Waals surface area contributed by atoms with Crippen LogP contribution in [0.2, 0.25) is 15.1 Å². The molecule has 0 radical (unpaired) electrons. The Kier molecular flexibility index (Phi) is 26.8.